The third-order valence-electron chi connectivity index (χ3n) is 7.72. The maximum Gasteiger partial charge on any atom is 0.255 e. The number of aromatic nitrogens is 2. The molecule has 1 amide bonds. The minimum Gasteiger partial charge on any atom is -0.324 e. The summed E-state index contributed by atoms with van der Waals surface area (Å²) >= 11 is 0. The molecule has 4 aromatic carbocycles. The van der Waals surface area contributed by atoms with Crippen LogP contribution in [0.5, 0.6) is 0 Å². The fraction of sp³-hybridized carbons (Fsp3) is 0.229. The highest BCUT2D eigenvalue weighted by Gasteiger charge is 2.15. The summed E-state index contributed by atoms with van der Waals surface area (Å²) in [5.74, 6) is 0.365. The molecule has 0 unspecified atom stereocenters. The Morgan fingerprint density at radius 1 is 0.786 bits per heavy atom. The number of likely N-dealkylation sites (N-methyl/N-ethyl adjacent to an activating group) is 1. The van der Waals surface area contributed by atoms with Crippen molar-refractivity contribution in [3.05, 3.63) is 113 Å². The van der Waals surface area contributed by atoms with Crippen LogP contribution in [0.25, 0.3) is 22.2 Å². The summed E-state index contributed by atoms with van der Waals surface area (Å²) in [6.07, 6.45) is 0. The predicted molar refractivity (Wildman–Crippen MR) is 171 cm³/mol. The van der Waals surface area contributed by atoms with E-state index < -0.39 is 0 Å². The van der Waals surface area contributed by atoms with Crippen molar-refractivity contribution in [2.45, 2.75) is 20.4 Å². The molecule has 7 nitrogen and oxygen atoms in total. The molecular weight excluding hydrogens is 520 g/mol. The molecule has 0 atom stereocenters. The number of anilines is 3. The van der Waals surface area contributed by atoms with Crippen molar-refractivity contribution in [3.8, 4) is 11.3 Å². The van der Waals surface area contributed by atoms with Crippen LogP contribution in [0.2, 0.25) is 0 Å². The van der Waals surface area contributed by atoms with Gasteiger partial charge in [-0.25, -0.2) is 9.97 Å². The van der Waals surface area contributed by atoms with Gasteiger partial charge in [0.05, 0.1) is 11.2 Å². The molecule has 1 aromatic heterocycles. The predicted octanol–water partition coefficient (Wildman–Crippen LogP) is 6.66. The largest absolute Gasteiger partial charge is 0.324 e. The molecule has 212 valence electrons. The first-order chi connectivity index (χ1) is 20.4. The monoisotopic (exact) mass is 556 g/mol. The number of hydrogen-bond acceptors (Lipinski definition) is 6. The summed E-state index contributed by atoms with van der Waals surface area (Å²) in [5.41, 5.74) is 8.53. The highest BCUT2D eigenvalue weighted by Crippen LogP contribution is 2.29. The number of nitrogens with one attached hydrogen (secondary N) is 2. The van der Waals surface area contributed by atoms with Crippen molar-refractivity contribution in [3.63, 3.8) is 0 Å². The minimum absolute atomic E-state index is 0.146. The number of carbonyl (C=O) groups excluding carboxylic acids is 1. The molecule has 5 aromatic rings. The molecule has 0 bridgehead atoms. The molecule has 1 aliphatic heterocycles. The summed E-state index contributed by atoms with van der Waals surface area (Å²) in [6, 6.07) is 30.2. The normalized spacial score (nSPS) is 14.2. The van der Waals surface area contributed by atoms with Crippen LogP contribution in [-0.2, 0) is 6.54 Å². The second-order valence-electron chi connectivity index (χ2n) is 11.2. The van der Waals surface area contributed by atoms with E-state index in [4.69, 9.17) is 9.97 Å². The lowest BCUT2D eigenvalue weighted by atomic mass is 10.0. The first-order valence-corrected chi connectivity index (χ1v) is 14.4. The molecule has 1 aliphatic rings. The van der Waals surface area contributed by atoms with E-state index in [-0.39, 0.29) is 5.91 Å². The number of nitrogens with zero attached hydrogens (tertiary/aromatic N) is 4. The lowest BCUT2D eigenvalue weighted by Crippen LogP contribution is -2.43. The molecule has 7 heteroatoms. The average molecular weight is 557 g/mol. The number of hydrogen-bond donors (Lipinski definition) is 2. The zero-order valence-corrected chi connectivity index (χ0v) is 24.4. The standard InChI is InChI=1S/C35H36N6O/c1-24-20-25(2)22-30(21-24)36-34(42)28-12-14-29(15-13-28)37-35-38-32-7-5-4-6-31(32)33(39-35)27-10-8-26(9-11-27)23-41-18-16-40(3)17-19-41/h4-15,20-22H,16-19,23H2,1-3H3,(H,36,42)(H,37,38,39). The number of fused-ring (bicyclic) bond motifs is 1. The number of benzene rings is 4. The SMILES string of the molecule is Cc1cc(C)cc(NC(=O)c2ccc(Nc3nc(-c4ccc(CN5CCN(C)CC5)cc4)c4ccccc4n3)cc2)c1. The molecule has 1 fully saturated rings. The maximum absolute atomic E-state index is 12.8. The van der Waals surface area contributed by atoms with Gasteiger partial charge in [-0.1, -0.05) is 48.5 Å². The minimum atomic E-state index is -0.146. The van der Waals surface area contributed by atoms with Crippen LogP contribution < -0.4 is 10.6 Å². The fourth-order valence-electron chi connectivity index (χ4n) is 5.47. The first kappa shape index (κ1) is 27.6. The van der Waals surface area contributed by atoms with Gasteiger partial charge >= 0.3 is 0 Å². The van der Waals surface area contributed by atoms with Crippen molar-refractivity contribution in [2.75, 3.05) is 43.9 Å². The average Bonchev–Trinajstić information content (AvgIpc) is 2.98. The highest BCUT2D eigenvalue weighted by atomic mass is 16.1. The Balaban J connectivity index is 1.19. The van der Waals surface area contributed by atoms with Gasteiger partial charge in [-0.2, -0.15) is 0 Å². The Hall–Kier alpha value is -4.59. The summed E-state index contributed by atoms with van der Waals surface area (Å²) in [4.78, 5) is 27.4. The van der Waals surface area contributed by atoms with Gasteiger partial charge in [-0.3, -0.25) is 9.69 Å². The van der Waals surface area contributed by atoms with Crippen molar-refractivity contribution in [1.29, 1.82) is 0 Å². The Bertz CT molecular complexity index is 1690. The van der Waals surface area contributed by atoms with Crippen LogP contribution in [0.3, 0.4) is 0 Å². The van der Waals surface area contributed by atoms with Crippen LogP contribution in [0.15, 0.2) is 91.0 Å². The molecule has 0 spiro atoms. The van der Waals surface area contributed by atoms with Gasteiger partial charge < -0.3 is 15.5 Å². The van der Waals surface area contributed by atoms with Crippen molar-refractivity contribution >= 4 is 34.1 Å². The first-order valence-electron chi connectivity index (χ1n) is 14.4. The molecule has 6 rings (SSSR count). The van der Waals surface area contributed by atoms with E-state index in [1.807, 2.05) is 56.3 Å². The Morgan fingerprint density at radius 2 is 1.48 bits per heavy atom. The second kappa shape index (κ2) is 12.1. The van der Waals surface area contributed by atoms with Gasteiger partial charge in [0.2, 0.25) is 5.95 Å². The number of rotatable bonds is 7. The summed E-state index contributed by atoms with van der Waals surface area (Å²) in [5, 5.41) is 7.34. The van der Waals surface area contributed by atoms with Gasteiger partial charge in [0.1, 0.15) is 0 Å². The van der Waals surface area contributed by atoms with Crippen molar-refractivity contribution in [2.24, 2.45) is 0 Å². The van der Waals surface area contributed by atoms with Crippen LogP contribution in [0.4, 0.5) is 17.3 Å². The van der Waals surface area contributed by atoms with Crippen LogP contribution in [-0.4, -0.2) is 58.9 Å². The molecule has 2 N–H and O–H groups in total. The van der Waals surface area contributed by atoms with Gasteiger partial charge in [0.25, 0.3) is 5.91 Å². The van der Waals surface area contributed by atoms with E-state index in [1.165, 1.54) is 5.56 Å². The lowest BCUT2D eigenvalue weighted by molar-refractivity contribution is 0.102. The summed E-state index contributed by atoms with van der Waals surface area (Å²) < 4.78 is 0. The third kappa shape index (κ3) is 6.48. The number of amides is 1. The summed E-state index contributed by atoms with van der Waals surface area (Å²) in [7, 11) is 2.18. The van der Waals surface area contributed by atoms with Crippen LogP contribution >= 0.6 is 0 Å². The van der Waals surface area contributed by atoms with Crippen molar-refractivity contribution in [1.82, 2.24) is 19.8 Å². The maximum atomic E-state index is 12.8. The smallest absolute Gasteiger partial charge is 0.255 e. The van der Waals surface area contributed by atoms with E-state index in [2.05, 4.69) is 63.9 Å². The summed E-state index contributed by atoms with van der Waals surface area (Å²) in [6.45, 7) is 9.43. The molecule has 1 saturated heterocycles. The molecule has 0 radical (unpaired) electrons. The van der Waals surface area contributed by atoms with E-state index >= 15 is 0 Å². The number of piperazine rings is 1. The Morgan fingerprint density at radius 3 is 2.19 bits per heavy atom. The molecule has 0 aliphatic carbocycles. The molecule has 2 heterocycles. The van der Waals surface area contributed by atoms with E-state index in [9.17, 15) is 4.79 Å². The molecule has 42 heavy (non-hydrogen) atoms. The van der Waals surface area contributed by atoms with E-state index in [0.29, 0.717) is 11.5 Å². The van der Waals surface area contributed by atoms with E-state index in [0.717, 1.165) is 77.4 Å². The van der Waals surface area contributed by atoms with Gasteiger partial charge in [0.15, 0.2) is 0 Å². The molecular formula is C35H36N6O. The Kier molecular flexibility index (Phi) is 7.95. The zero-order chi connectivity index (χ0) is 29.1. The number of carbonyl (C=O) groups is 1. The van der Waals surface area contributed by atoms with Gasteiger partial charge in [-0.05, 0) is 80.1 Å². The lowest BCUT2D eigenvalue weighted by Gasteiger charge is -2.32. The molecule has 0 saturated carbocycles. The second-order valence-corrected chi connectivity index (χ2v) is 11.2. The highest BCUT2D eigenvalue weighted by molar-refractivity contribution is 6.04. The fourth-order valence-corrected chi connectivity index (χ4v) is 5.47. The zero-order valence-electron chi connectivity index (χ0n) is 24.4. The Labute approximate surface area is 247 Å². The van der Waals surface area contributed by atoms with Crippen molar-refractivity contribution < 1.29 is 4.79 Å². The van der Waals surface area contributed by atoms with Crippen LogP contribution in [0.1, 0.15) is 27.0 Å². The topological polar surface area (TPSA) is 73.4 Å². The van der Waals surface area contributed by atoms with Gasteiger partial charge in [-0.15, -0.1) is 0 Å². The number of aryl methyl sites for hydroxylation is 2. The quantitative estimate of drug-likeness (QED) is 0.234. The van der Waals surface area contributed by atoms with Crippen LogP contribution in [0, 0.1) is 13.8 Å². The van der Waals surface area contributed by atoms with Gasteiger partial charge in [0, 0.05) is 60.6 Å². The van der Waals surface area contributed by atoms with E-state index in [1.54, 1.807) is 12.1 Å². The third-order valence-corrected chi connectivity index (χ3v) is 7.72. The number of para-hydroxylation sites is 1.